The Hall–Kier alpha value is -2.41. The number of hydrogen-bond acceptors (Lipinski definition) is 7. The van der Waals surface area contributed by atoms with Gasteiger partial charge in [0.1, 0.15) is 23.8 Å². The van der Waals surface area contributed by atoms with Gasteiger partial charge in [-0.15, -0.1) is 0 Å². The van der Waals surface area contributed by atoms with Crippen LogP contribution in [0.1, 0.15) is 18.4 Å². The standard InChI is InChI=1S/C17H24N6O/c1-22(2)17-13(5-3-7-18-17)10-19-15-9-16(21-12-20-15)23-8-4-6-14(23)11-24/h3,5,7,9,12,14,24H,4,6,8,10-11H2,1-2H3,(H,19,20,21)/t14-/m0/s1. The van der Waals surface area contributed by atoms with Crippen molar-refractivity contribution >= 4 is 17.5 Å². The van der Waals surface area contributed by atoms with E-state index in [4.69, 9.17) is 0 Å². The molecular weight excluding hydrogens is 304 g/mol. The molecule has 2 aromatic rings. The smallest absolute Gasteiger partial charge is 0.134 e. The quantitative estimate of drug-likeness (QED) is 0.832. The molecular formula is C17H24N6O. The van der Waals surface area contributed by atoms with Crippen molar-refractivity contribution in [2.24, 2.45) is 0 Å². The number of aromatic nitrogens is 3. The fourth-order valence-corrected chi connectivity index (χ4v) is 3.08. The first-order chi connectivity index (χ1) is 11.7. The summed E-state index contributed by atoms with van der Waals surface area (Å²) in [6.07, 6.45) is 5.45. The number of anilines is 3. The van der Waals surface area contributed by atoms with E-state index in [0.717, 1.165) is 42.4 Å². The van der Waals surface area contributed by atoms with Crippen molar-refractivity contribution in [2.45, 2.75) is 25.4 Å². The van der Waals surface area contributed by atoms with Gasteiger partial charge in [0.25, 0.3) is 0 Å². The molecule has 0 unspecified atom stereocenters. The van der Waals surface area contributed by atoms with E-state index in [9.17, 15) is 5.11 Å². The fraction of sp³-hybridized carbons (Fsp3) is 0.471. The molecule has 0 bridgehead atoms. The Labute approximate surface area is 142 Å². The van der Waals surface area contributed by atoms with Crippen LogP contribution in [0.2, 0.25) is 0 Å². The lowest BCUT2D eigenvalue weighted by atomic mass is 10.2. The number of aliphatic hydroxyl groups excluding tert-OH is 1. The van der Waals surface area contributed by atoms with Crippen LogP contribution in [-0.4, -0.2) is 53.3 Å². The fourth-order valence-electron chi connectivity index (χ4n) is 3.08. The van der Waals surface area contributed by atoms with Gasteiger partial charge in [-0.05, 0) is 18.9 Å². The van der Waals surface area contributed by atoms with Gasteiger partial charge in [0.15, 0.2) is 0 Å². The average Bonchev–Trinajstić information content (AvgIpc) is 3.09. The van der Waals surface area contributed by atoms with Gasteiger partial charge in [-0.25, -0.2) is 15.0 Å². The van der Waals surface area contributed by atoms with Crippen molar-refractivity contribution in [1.82, 2.24) is 15.0 Å². The molecule has 7 heteroatoms. The van der Waals surface area contributed by atoms with Crippen LogP contribution in [0.4, 0.5) is 17.5 Å². The highest BCUT2D eigenvalue weighted by molar-refractivity contribution is 5.52. The first-order valence-corrected chi connectivity index (χ1v) is 8.23. The first kappa shape index (κ1) is 16.4. The molecule has 0 radical (unpaired) electrons. The monoisotopic (exact) mass is 328 g/mol. The summed E-state index contributed by atoms with van der Waals surface area (Å²) in [7, 11) is 3.97. The lowest BCUT2D eigenvalue weighted by Gasteiger charge is -2.24. The van der Waals surface area contributed by atoms with Crippen molar-refractivity contribution in [1.29, 1.82) is 0 Å². The minimum Gasteiger partial charge on any atom is -0.394 e. The summed E-state index contributed by atoms with van der Waals surface area (Å²) < 4.78 is 0. The Morgan fingerprint density at radius 2 is 2.21 bits per heavy atom. The zero-order chi connectivity index (χ0) is 16.9. The molecule has 0 amide bonds. The topological polar surface area (TPSA) is 77.4 Å². The van der Waals surface area contributed by atoms with Crippen LogP contribution in [0.5, 0.6) is 0 Å². The van der Waals surface area contributed by atoms with E-state index in [1.807, 2.05) is 31.1 Å². The molecule has 0 aromatic carbocycles. The predicted octanol–water partition coefficient (Wildman–Crippen LogP) is 1.51. The highest BCUT2D eigenvalue weighted by atomic mass is 16.3. The van der Waals surface area contributed by atoms with Crippen LogP contribution in [0.25, 0.3) is 0 Å². The normalized spacial score (nSPS) is 17.1. The molecule has 0 spiro atoms. The summed E-state index contributed by atoms with van der Waals surface area (Å²) in [5.74, 6) is 2.58. The highest BCUT2D eigenvalue weighted by Gasteiger charge is 2.25. The van der Waals surface area contributed by atoms with Crippen molar-refractivity contribution in [2.75, 3.05) is 42.4 Å². The first-order valence-electron chi connectivity index (χ1n) is 8.23. The molecule has 1 saturated heterocycles. The van der Waals surface area contributed by atoms with Crippen molar-refractivity contribution in [3.8, 4) is 0 Å². The lowest BCUT2D eigenvalue weighted by Crippen LogP contribution is -2.32. The summed E-state index contributed by atoms with van der Waals surface area (Å²) in [5.41, 5.74) is 1.11. The lowest BCUT2D eigenvalue weighted by molar-refractivity contribution is 0.266. The second-order valence-corrected chi connectivity index (χ2v) is 6.17. The van der Waals surface area contributed by atoms with E-state index in [2.05, 4.69) is 31.2 Å². The maximum atomic E-state index is 9.49. The van der Waals surface area contributed by atoms with E-state index in [1.165, 1.54) is 0 Å². The molecule has 3 heterocycles. The molecule has 24 heavy (non-hydrogen) atoms. The predicted molar refractivity (Wildman–Crippen MR) is 95.4 cm³/mol. The molecule has 0 aliphatic carbocycles. The molecule has 1 atom stereocenters. The van der Waals surface area contributed by atoms with Crippen molar-refractivity contribution < 1.29 is 5.11 Å². The van der Waals surface area contributed by atoms with E-state index in [0.29, 0.717) is 6.54 Å². The Morgan fingerprint density at radius 3 is 3.00 bits per heavy atom. The number of pyridine rings is 1. The summed E-state index contributed by atoms with van der Waals surface area (Å²) in [6.45, 7) is 1.73. The Balaban J connectivity index is 1.72. The average molecular weight is 328 g/mol. The molecule has 7 nitrogen and oxygen atoms in total. The number of aliphatic hydroxyl groups is 1. The Bertz CT molecular complexity index is 678. The van der Waals surface area contributed by atoms with E-state index < -0.39 is 0 Å². The van der Waals surface area contributed by atoms with Gasteiger partial charge in [0.2, 0.25) is 0 Å². The highest BCUT2D eigenvalue weighted by Crippen LogP contribution is 2.25. The third-order valence-corrected chi connectivity index (χ3v) is 4.29. The second kappa shape index (κ2) is 7.44. The van der Waals surface area contributed by atoms with Gasteiger partial charge in [-0.3, -0.25) is 0 Å². The number of rotatable bonds is 6. The maximum absolute atomic E-state index is 9.49. The summed E-state index contributed by atoms with van der Waals surface area (Å²) in [6, 6.07) is 6.09. The van der Waals surface area contributed by atoms with Gasteiger partial charge in [0.05, 0.1) is 12.6 Å². The molecule has 1 fully saturated rings. The van der Waals surface area contributed by atoms with E-state index >= 15 is 0 Å². The maximum Gasteiger partial charge on any atom is 0.134 e. The van der Waals surface area contributed by atoms with Gasteiger partial charge in [-0.2, -0.15) is 0 Å². The van der Waals surface area contributed by atoms with Crippen LogP contribution in [0.3, 0.4) is 0 Å². The zero-order valence-electron chi connectivity index (χ0n) is 14.2. The van der Waals surface area contributed by atoms with Crippen molar-refractivity contribution in [3.63, 3.8) is 0 Å². The molecule has 2 aromatic heterocycles. The molecule has 0 saturated carbocycles. The van der Waals surface area contributed by atoms with Crippen LogP contribution < -0.4 is 15.1 Å². The zero-order valence-corrected chi connectivity index (χ0v) is 14.2. The Morgan fingerprint density at radius 1 is 1.33 bits per heavy atom. The molecule has 2 N–H and O–H groups in total. The molecule has 3 rings (SSSR count). The van der Waals surface area contributed by atoms with Crippen LogP contribution in [0, 0.1) is 0 Å². The minimum atomic E-state index is 0.159. The largest absolute Gasteiger partial charge is 0.394 e. The van der Waals surface area contributed by atoms with Gasteiger partial charge < -0.3 is 20.2 Å². The van der Waals surface area contributed by atoms with Crippen LogP contribution >= 0.6 is 0 Å². The summed E-state index contributed by atoms with van der Waals surface area (Å²) in [4.78, 5) is 17.2. The molecule has 128 valence electrons. The number of nitrogens with zero attached hydrogens (tertiary/aromatic N) is 5. The van der Waals surface area contributed by atoms with Crippen LogP contribution in [0.15, 0.2) is 30.7 Å². The molecule has 1 aliphatic heterocycles. The van der Waals surface area contributed by atoms with E-state index in [1.54, 1.807) is 12.5 Å². The molecule has 1 aliphatic rings. The van der Waals surface area contributed by atoms with E-state index in [-0.39, 0.29) is 12.6 Å². The van der Waals surface area contributed by atoms with Gasteiger partial charge >= 0.3 is 0 Å². The third kappa shape index (κ3) is 3.56. The van der Waals surface area contributed by atoms with Gasteiger partial charge in [-0.1, -0.05) is 6.07 Å². The third-order valence-electron chi connectivity index (χ3n) is 4.29. The Kier molecular flexibility index (Phi) is 5.10. The van der Waals surface area contributed by atoms with Crippen molar-refractivity contribution in [3.05, 3.63) is 36.3 Å². The van der Waals surface area contributed by atoms with Crippen LogP contribution in [-0.2, 0) is 6.54 Å². The minimum absolute atomic E-state index is 0.159. The number of hydrogen-bond donors (Lipinski definition) is 2. The summed E-state index contributed by atoms with van der Waals surface area (Å²) in [5, 5.41) is 12.8. The van der Waals surface area contributed by atoms with Gasteiger partial charge in [0, 0.05) is 45.0 Å². The summed E-state index contributed by atoms with van der Waals surface area (Å²) >= 11 is 0. The SMILES string of the molecule is CN(C)c1ncccc1CNc1cc(N2CCC[C@H]2CO)ncn1. The second-order valence-electron chi connectivity index (χ2n) is 6.17. The number of nitrogens with one attached hydrogen (secondary N) is 1.